The van der Waals surface area contributed by atoms with Crippen molar-refractivity contribution in [2.24, 2.45) is 5.92 Å². The molecule has 2 heterocycles. The Morgan fingerprint density at radius 2 is 2.36 bits per heavy atom. The van der Waals surface area contributed by atoms with Gasteiger partial charge in [0.2, 0.25) is 5.91 Å². The Labute approximate surface area is 147 Å². The molecular weight excluding hydrogens is 320 g/mol. The van der Waals surface area contributed by atoms with Gasteiger partial charge in [-0.15, -0.1) is 0 Å². The van der Waals surface area contributed by atoms with Crippen molar-refractivity contribution in [1.82, 2.24) is 25.4 Å². The van der Waals surface area contributed by atoms with Crippen LogP contribution >= 0.6 is 0 Å². The number of hydrogen-bond acceptors (Lipinski definition) is 6. The quantitative estimate of drug-likeness (QED) is 0.761. The van der Waals surface area contributed by atoms with E-state index in [4.69, 9.17) is 4.74 Å². The number of morpholine rings is 1. The van der Waals surface area contributed by atoms with Crippen molar-refractivity contribution in [2.75, 3.05) is 26.2 Å². The first-order valence-electron chi connectivity index (χ1n) is 9.01. The van der Waals surface area contributed by atoms with E-state index in [2.05, 4.69) is 33.5 Å². The van der Waals surface area contributed by atoms with Crippen LogP contribution in [-0.2, 0) is 16.0 Å². The van der Waals surface area contributed by atoms with Crippen LogP contribution < -0.4 is 5.32 Å². The summed E-state index contributed by atoms with van der Waals surface area (Å²) in [5.74, 6) is 1.68. The molecule has 25 heavy (non-hydrogen) atoms. The molecule has 1 aromatic rings. The predicted molar refractivity (Wildman–Crippen MR) is 90.4 cm³/mol. The number of carbonyl (C=O) groups is 1. The highest BCUT2D eigenvalue weighted by atomic mass is 16.5. The van der Waals surface area contributed by atoms with E-state index in [-0.39, 0.29) is 24.5 Å². The van der Waals surface area contributed by atoms with Gasteiger partial charge < -0.3 is 10.1 Å². The highest BCUT2D eigenvalue weighted by Gasteiger charge is 2.43. The molecule has 1 saturated heterocycles. The lowest BCUT2D eigenvalue weighted by molar-refractivity contribution is -0.125. The van der Waals surface area contributed by atoms with E-state index in [1.165, 1.54) is 0 Å². The van der Waals surface area contributed by atoms with Crippen molar-refractivity contribution in [3.8, 4) is 6.07 Å². The van der Waals surface area contributed by atoms with Gasteiger partial charge in [-0.2, -0.15) is 10.4 Å². The summed E-state index contributed by atoms with van der Waals surface area (Å²) in [6.07, 6.45) is 3.66. The molecular formula is C17H26N6O2. The van der Waals surface area contributed by atoms with Crippen molar-refractivity contribution < 1.29 is 9.53 Å². The maximum atomic E-state index is 12.4. The number of nitriles is 1. The molecule has 1 aliphatic carbocycles. The van der Waals surface area contributed by atoms with Crippen LogP contribution in [0.2, 0.25) is 0 Å². The average Bonchev–Trinajstić information content (AvgIpc) is 3.36. The number of hydrogen-bond donors (Lipinski definition) is 2. The molecule has 8 nitrogen and oxygen atoms in total. The molecule has 0 radical (unpaired) electrons. The highest BCUT2D eigenvalue weighted by molar-refractivity contribution is 5.79. The van der Waals surface area contributed by atoms with Crippen LogP contribution in [0, 0.1) is 17.2 Å². The molecule has 2 fully saturated rings. The van der Waals surface area contributed by atoms with Crippen LogP contribution in [0.15, 0.2) is 0 Å². The topological polar surface area (TPSA) is 107 Å². The third-order valence-corrected chi connectivity index (χ3v) is 4.87. The monoisotopic (exact) mass is 346 g/mol. The number of nitrogens with one attached hydrogen (secondary N) is 2. The van der Waals surface area contributed by atoms with E-state index in [0.29, 0.717) is 25.5 Å². The first-order chi connectivity index (χ1) is 12.0. The lowest BCUT2D eigenvalue weighted by Crippen LogP contribution is -2.51. The largest absolute Gasteiger partial charge is 0.367 e. The first kappa shape index (κ1) is 17.8. The Balaban J connectivity index is 1.54. The number of rotatable bonds is 7. The summed E-state index contributed by atoms with van der Waals surface area (Å²) in [6.45, 7) is 5.96. The van der Waals surface area contributed by atoms with Gasteiger partial charge in [0, 0.05) is 19.5 Å². The van der Waals surface area contributed by atoms with Crippen molar-refractivity contribution in [1.29, 1.82) is 5.26 Å². The van der Waals surface area contributed by atoms with Crippen LogP contribution in [0.5, 0.6) is 0 Å². The van der Waals surface area contributed by atoms with E-state index in [1.54, 1.807) is 0 Å². The highest BCUT2D eigenvalue weighted by Crippen LogP contribution is 2.39. The molecule has 1 saturated carbocycles. The van der Waals surface area contributed by atoms with Gasteiger partial charge in [-0.05, 0) is 32.1 Å². The minimum Gasteiger partial charge on any atom is -0.367 e. The van der Waals surface area contributed by atoms with Crippen LogP contribution in [0.4, 0.5) is 0 Å². The molecule has 0 aromatic carbocycles. The van der Waals surface area contributed by atoms with Gasteiger partial charge in [-0.25, -0.2) is 4.98 Å². The predicted octanol–water partition coefficient (Wildman–Crippen LogP) is 0.939. The van der Waals surface area contributed by atoms with E-state index in [0.717, 1.165) is 31.5 Å². The zero-order valence-electron chi connectivity index (χ0n) is 14.9. The zero-order valence-corrected chi connectivity index (χ0v) is 14.9. The third-order valence-electron chi connectivity index (χ3n) is 4.87. The fourth-order valence-corrected chi connectivity index (χ4v) is 3.22. The van der Waals surface area contributed by atoms with Gasteiger partial charge in [0.1, 0.15) is 17.5 Å². The van der Waals surface area contributed by atoms with Crippen LogP contribution in [0.1, 0.15) is 50.9 Å². The normalized spacial score (nSPS) is 23.6. The van der Waals surface area contributed by atoms with Crippen molar-refractivity contribution >= 4 is 5.91 Å². The fourth-order valence-electron chi connectivity index (χ4n) is 3.22. The summed E-state index contributed by atoms with van der Waals surface area (Å²) < 4.78 is 5.77. The Morgan fingerprint density at radius 3 is 3.04 bits per heavy atom. The van der Waals surface area contributed by atoms with E-state index >= 15 is 0 Å². The van der Waals surface area contributed by atoms with Crippen LogP contribution in [0.3, 0.4) is 0 Å². The maximum absolute atomic E-state index is 12.4. The van der Waals surface area contributed by atoms with E-state index in [1.807, 2.05) is 11.8 Å². The number of aryl methyl sites for hydroxylation is 1. The number of carbonyl (C=O) groups excluding carboxylic acids is 1. The third kappa shape index (κ3) is 4.35. The van der Waals surface area contributed by atoms with Crippen molar-refractivity contribution in [3.63, 3.8) is 0 Å². The standard InChI is InChI=1S/C17H26N6O2/c1-3-4-14-19-16(22-21-14)13-9-23(7-8-25-13)10-15(24)20-17(2,11-18)12-5-6-12/h12-13H,3-10H2,1-2H3,(H,20,24)(H,19,21,22)/t13-,17-/m0/s1. The lowest BCUT2D eigenvalue weighted by Gasteiger charge is -2.32. The summed E-state index contributed by atoms with van der Waals surface area (Å²) in [7, 11) is 0. The lowest BCUT2D eigenvalue weighted by atomic mass is 9.98. The molecule has 1 aromatic heterocycles. The first-order valence-corrected chi connectivity index (χ1v) is 9.01. The zero-order chi connectivity index (χ0) is 17.9. The van der Waals surface area contributed by atoms with Gasteiger partial charge in [0.15, 0.2) is 5.82 Å². The number of aromatic amines is 1. The van der Waals surface area contributed by atoms with Gasteiger partial charge in [-0.3, -0.25) is 14.8 Å². The molecule has 1 amide bonds. The molecule has 136 valence electrons. The second kappa shape index (κ2) is 7.50. The number of aromatic nitrogens is 3. The van der Waals surface area contributed by atoms with Gasteiger partial charge >= 0.3 is 0 Å². The molecule has 2 atom stereocenters. The Bertz CT molecular complexity index is 650. The van der Waals surface area contributed by atoms with E-state index < -0.39 is 5.54 Å². The Hall–Kier alpha value is -1.98. The van der Waals surface area contributed by atoms with Crippen LogP contribution in [-0.4, -0.2) is 57.8 Å². The van der Waals surface area contributed by atoms with Gasteiger partial charge in [0.25, 0.3) is 0 Å². The van der Waals surface area contributed by atoms with Crippen molar-refractivity contribution in [2.45, 2.75) is 51.2 Å². The minimum atomic E-state index is -0.748. The Morgan fingerprint density at radius 1 is 1.56 bits per heavy atom. The number of amides is 1. The summed E-state index contributed by atoms with van der Waals surface area (Å²) >= 11 is 0. The maximum Gasteiger partial charge on any atom is 0.235 e. The average molecular weight is 346 g/mol. The SMILES string of the molecule is CCCc1nc([C@@H]2CN(CC(=O)N[C@@](C)(C#N)C3CC3)CCO2)n[nH]1. The summed E-state index contributed by atoms with van der Waals surface area (Å²) in [4.78, 5) is 18.9. The van der Waals surface area contributed by atoms with Crippen LogP contribution in [0.25, 0.3) is 0 Å². The molecule has 8 heteroatoms. The fraction of sp³-hybridized carbons (Fsp3) is 0.765. The summed E-state index contributed by atoms with van der Waals surface area (Å²) in [6, 6.07) is 2.26. The molecule has 0 spiro atoms. The molecule has 2 aliphatic rings. The summed E-state index contributed by atoms with van der Waals surface area (Å²) in [5.41, 5.74) is -0.748. The van der Waals surface area contributed by atoms with Gasteiger partial charge in [-0.1, -0.05) is 6.92 Å². The molecule has 2 N–H and O–H groups in total. The minimum absolute atomic E-state index is 0.113. The number of nitrogens with zero attached hydrogens (tertiary/aromatic N) is 4. The molecule has 1 aliphatic heterocycles. The number of ether oxygens (including phenoxy) is 1. The molecule has 3 rings (SSSR count). The summed E-state index contributed by atoms with van der Waals surface area (Å²) in [5, 5.41) is 19.5. The second-order valence-electron chi connectivity index (χ2n) is 7.12. The molecule has 0 bridgehead atoms. The number of H-pyrrole nitrogens is 1. The van der Waals surface area contributed by atoms with E-state index in [9.17, 15) is 10.1 Å². The van der Waals surface area contributed by atoms with Crippen molar-refractivity contribution in [3.05, 3.63) is 11.6 Å². The molecule has 0 unspecified atom stereocenters. The smallest absolute Gasteiger partial charge is 0.235 e. The second-order valence-corrected chi connectivity index (χ2v) is 7.12. The Kier molecular flexibility index (Phi) is 5.35. The van der Waals surface area contributed by atoms with Gasteiger partial charge in [0.05, 0.1) is 19.2 Å².